The molecule has 2 bridgehead atoms. The lowest BCUT2D eigenvalue weighted by atomic mass is 9.50. The minimum atomic E-state index is -1.34. The Morgan fingerprint density at radius 1 is 0.974 bits per heavy atom. The second-order valence-corrected chi connectivity index (χ2v) is 11.7. The minimum Gasteiger partial charge on any atom is -0.463 e. The summed E-state index contributed by atoms with van der Waals surface area (Å²) >= 11 is 0. The lowest BCUT2D eigenvalue weighted by molar-refractivity contribution is -0.259. The number of epoxide rings is 1. The molecule has 5 aliphatic rings. The molecule has 0 aromatic rings. The topological polar surface area (TPSA) is 141 Å². The van der Waals surface area contributed by atoms with E-state index in [1.807, 2.05) is 6.92 Å². The lowest BCUT2D eigenvalue weighted by Crippen LogP contribution is -2.68. The Kier molecular flexibility index (Phi) is 7.45. The number of aliphatic hydroxyl groups excluding tert-OH is 2. The molecular formula is C28H38O10. The number of aliphatic hydroxyl groups is 2. The highest BCUT2D eigenvalue weighted by Gasteiger charge is 2.83. The number of hydrogen-bond donors (Lipinski definition) is 2. The Hall–Kier alpha value is -2.27. The fourth-order valence-electron chi connectivity index (χ4n) is 7.34. The summed E-state index contributed by atoms with van der Waals surface area (Å²) in [5.74, 6) is -2.18. The molecule has 2 saturated heterocycles. The van der Waals surface area contributed by atoms with Gasteiger partial charge in [0.15, 0.2) is 6.10 Å². The van der Waals surface area contributed by atoms with Crippen molar-refractivity contribution in [2.24, 2.45) is 22.7 Å². The van der Waals surface area contributed by atoms with E-state index in [9.17, 15) is 24.6 Å². The van der Waals surface area contributed by atoms with E-state index < -0.39 is 52.5 Å². The van der Waals surface area contributed by atoms with E-state index in [2.05, 4.69) is 0 Å². The van der Waals surface area contributed by atoms with Gasteiger partial charge in [-0.15, -0.1) is 0 Å². The van der Waals surface area contributed by atoms with Crippen LogP contribution in [0.5, 0.6) is 0 Å². The normalized spacial score (nSPS) is 47.4. The number of allylic oxidation sites excluding steroid dienone is 2. The summed E-state index contributed by atoms with van der Waals surface area (Å²) in [5.41, 5.74) is -2.12. The van der Waals surface area contributed by atoms with Crippen LogP contribution in [0.1, 0.15) is 52.4 Å². The van der Waals surface area contributed by atoms with Crippen molar-refractivity contribution < 1.29 is 48.3 Å². The first-order chi connectivity index (χ1) is 18.2. The van der Waals surface area contributed by atoms with Crippen LogP contribution in [0.25, 0.3) is 0 Å². The maximum atomic E-state index is 13.0. The van der Waals surface area contributed by atoms with Gasteiger partial charge in [0.1, 0.15) is 18.3 Å². The van der Waals surface area contributed by atoms with Gasteiger partial charge in [-0.05, 0) is 43.9 Å². The molecule has 4 fully saturated rings. The number of carbonyl (C=O) groups excluding carboxylic acids is 3. The number of esters is 3. The summed E-state index contributed by atoms with van der Waals surface area (Å²) in [4.78, 5) is 37.8. The largest absolute Gasteiger partial charge is 0.463 e. The van der Waals surface area contributed by atoms with Crippen molar-refractivity contribution >= 4 is 17.9 Å². The smallest absolute Gasteiger partial charge is 0.335 e. The van der Waals surface area contributed by atoms with E-state index in [4.69, 9.17) is 23.7 Å². The van der Waals surface area contributed by atoms with E-state index in [-0.39, 0.29) is 37.9 Å². The highest BCUT2D eigenvalue weighted by molar-refractivity contribution is 5.84. The predicted molar refractivity (Wildman–Crippen MR) is 131 cm³/mol. The van der Waals surface area contributed by atoms with Crippen molar-refractivity contribution in [1.29, 1.82) is 0 Å². The molecule has 10 heteroatoms. The summed E-state index contributed by atoms with van der Waals surface area (Å²) in [6, 6.07) is 0. The van der Waals surface area contributed by atoms with Gasteiger partial charge >= 0.3 is 17.9 Å². The van der Waals surface area contributed by atoms with Crippen LogP contribution in [0.2, 0.25) is 0 Å². The van der Waals surface area contributed by atoms with Crippen molar-refractivity contribution in [1.82, 2.24) is 0 Å². The van der Waals surface area contributed by atoms with E-state index >= 15 is 0 Å². The zero-order valence-corrected chi connectivity index (χ0v) is 22.0. The molecule has 2 spiro atoms. The van der Waals surface area contributed by atoms with Crippen LogP contribution in [0.15, 0.2) is 24.3 Å². The molecule has 0 radical (unpaired) electrons. The average Bonchev–Trinajstić information content (AvgIpc) is 3.69. The van der Waals surface area contributed by atoms with Crippen molar-refractivity contribution in [2.75, 3.05) is 26.4 Å². The number of cyclic esters (lactones) is 2. The van der Waals surface area contributed by atoms with Crippen LogP contribution in [-0.2, 0) is 38.1 Å². The summed E-state index contributed by atoms with van der Waals surface area (Å²) in [7, 11) is 0. The van der Waals surface area contributed by atoms with E-state index in [0.717, 1.165) is 0 Å². The molecule has 0 aromatic heterocycles. The maximum absolute atomic E-state index is 13.0. The van der Waals surface area contributed by atoms with Gasteiger partial charge in [0.25, 0.3) is 0 Å². The number of carbonyl (C=O) groups is 3. The second kappa shape index (κ2) is 10.4. The van der Waals surface area contributed by atoms with Crippen molar-refractivity contribution in [3.8, 4) is 0 Å². The third-order valence-corrected chi connectivity index (χ3v) is 9.84. The first kappa shape index (κ1) is 27.3. The van der Waals surface area contributed by atoms with Gasteiger partial charge in [0.2, 0.25) is 0 Å². The molecule has 0 amide bonds. The quantitative estimate of drug-likeness (QED) is 0.290. The summed E-state index contributed by atoms with van der Waals surface area (Å²) in [6.07, 6.45) is 6.05. The van der Waals surface area contributed by atoms with Gasteiger partial charge in [-0.25, -0.2) is 14.4 Å². The van der Waals surface area contributed by atoms with Crippen LogP contribution in [-0.4, -0.2) is 84.6 Å². The van der Waals surface area contributed by atoms with Crippen LogP contribution in [0, 0.1) is 22.7 Å². The van der Waals surface area contributed by atoms with Gasteiger partial charge in [-0.2, -0.15) is 0 Å². The Morgan fingerprint density at radius 2 is 1.71 bits per heavy atom. The maximum Gasteiger partial charge on any atom is 0.335 e. The average molecular weight is 535 g/mol. The van der Waals surface area contributed by atoms with Gasteiger partial charge < -0.3 is 33.9 Å². The SMILES string of the molecule is CC1CCCOC(=O)/C=C\C=C/C(=O)OC2CC3OC4CC(CO)CCC4(COC(=O)C1O)C2(C)C31CO1. The Morgan fingerprint density at radius 3 is 2.42 bits per heavy atom. The first-order valence-corrected chi connectivity index (χ1v) is 13.6. The molecule has 9 unspecified atom stereocenters. The number of ether oxygens (including phenoxy) is 5. The van der Waals surface area contributed by atoms with E-state index in [0.29, 0.717) is 45.1 Å². The highest BCUT2D eigenvalue weighted by atomic mass is 16.6. The molecule has 38 heavy (non-hydrogen) atoms. The first-order valence-electron chi connectivity index (χ1n) is 13.6. The molecule has 3 aliphatic heterocycles. The molecule has 3 heterocycles. The summed E-state index contributed by atoms with van der Waals surface area (Å²) in [5, 5.41) is 20.6. The van der Waals surface area contributed by atoms with Crippen LogP contribution in [0.3, 0.4) is 0 Å². The molecule has 10 nitrogen and oxygen atoms in total. The van der Waals surface area contributed by atoms with Gasteiger partial charge in [-0.1, -0.05) is 26.0 Å². The Bertz CT molecular complexity index is 1000. The molecule has 2 N–H and O–H groups in total. The summed E-state index contributed by atoms with van der Waals surface area (Å²) < 4.78 is 29.7. The van der Waals surface area contributed by atoms with Crippen LogP contribution in [0.4, 0.5) is 0 Å². The van der Waals surface area contributed by atoms with E-state index in [1.165, 1.54) is 24.3 Å². The lowest BCUT2D eigenvalue weighted by Gasteiger charge is -2.60. The molecule has 2 aliphatic carbocycles. The van der Waals surface area contributed by atoms with E-state index in [1.54, 1.807) is 6.92 Å². The second-order valence-electron chi connectivity index (χ2n) is 11.7. The van der Waals surface area contributed by atoms with Crippen molar-refractivity contribution in [3.05, 3.63) is 24.3 Å². The standard InChI is InChI=1S/C28H38O10/c1-17-6-5-11-34-22(30)7-3-4-8-23(31)38-19-13-21-28(16-36-28)26(19,2)27(15-35-25(33)24(17)32)10-9-18(14-29)12-20(27)37-21/h3-4,7-8,17-21,24,29,32H,5-6,9-16H2,1-2H3/b7-3-,8-4-. The van der Waals surface area contributed by atoms with Gasteiger partial charge in [-0.3, -0.25) is 0 Å². The Labute approximate surface area is 222 Å². The third-order valence-electron chi connectivity index (χ3n) is 9.84. The van der Waals surface area contributed by atoms with Crippen molar-refractivity contribution in [3.63, 3.8) is 0 Å². The van der Waals surface area contributed by atoms with Crippen LogP contribution < -0.4 is 0 Å². The molecule has 9 atom stereocenters. The third kappa shape index (κ3) is 4.39. The Balaban J connectivity index is 1.49. The molecular weight excluding hydrogens is 496 g/mol. The van der Waals surface area contributed by atoms with Gasteiger partial charge in [0.05, 0.1) is 25.4 Å². The molecule has 0 aromatic carbocycles. The zero-order valence-electron chi connectivity index (χ0n) is 22.0. The highest BCUT2D eigenvalue weighted by Crippen LogP contribution is 2.72. The minimum absolute atomic E-state index is 0.0169. The predicted octanol–water partition coefficient (Wildman–Crippen LogP) is 1.61. The van der Waals surface area contributed by atoms with Crippen LogP contribution >= 0.6 is 0 Å². The van der Waals surface area contributed by atoms with Crippen molar-refractivity contribution in [2.45, 2.75) is 82.4 Å². The summed E-state index contributed by atoms with van der Waals surface area (Å²) in [6.45, 7) is 4.41. The fraction of sp³-hybridized carbons (Fsp3) is 0.750. The fourth-order valence-corrected chi connectivity index (χ4v) is 7.34. The molecule has 5 rings (SSSR count). The zero-order chi connectivity index (χ0) is 27.1. The molecule has 210 valence electrons. The molecule has 2 saturated carbocycles. The number of hydrogen-bond acceptors (Lipinski definition) is 10. The monoisotopic (exact) mass is 534 g/mol. The number of rotatable bonds is 1. The van der Waals surface area contributed by atoms with Gasteiger partial charge in [0, 0.05) is 36.0 Å².